The third kappa shape index (κ3) is 4.02. The van der Waals surface area contributed by atoms with Crippen LogP contribution >= 0.6 is 11.3 Å². The fraction of sp³-hybridized carbons (Fsp3) is 0.0588. The molecule has 0 radical (unpaired) electrons. The highest BCUT2D eigenvalue weighted by molar-refractivity contribution is 7.12. The molecule has 24 heavy (non-hydrogen) atoms. The van der Waals surface area contributed by atoms with E-state index in [2.05, 4.69) is 20.6 Å². The van der Waals surface area contributed by atoms with Crippen LogP contribution < -0.4 is 10.6 Å². The van der Waals surface area contributed by atoms with Gasteiger partial charge in [-0.15, -0.1) is 11.3 Å². The van der Waals surface area contributed by atoms with Crippen LogP contribution in [0, 0.1) is 0 Å². The van der Waals surface area contributed by atoms with E-state index in [1.54, 1.807) is 17.5 Å². The van der Waals surface area contributed by atoms with Crippen molar-refractivity contribution in [3.8, 4) is 11.4 Å². The fourth-order valence-electron chi connectivity index (χ4n) is 1.99. The Morgan fingerprint density at radius 2 is 1.75 bits per heavy atom. The second-order valence-electron chi connectivity index (χ2n) is 4.87. The van der Waals surface area contributed by atoms with E-state index >= 15 is 0 Å². The molecule has 3 aromatic rings. The molecule has 7 heteroatoms. The average Bonchev–Trinajstić information content (AvgIpc) is 3.16. The van der Waals surface area contributed by atoms with Gasteiger partial charge in [-0.3, -0.25) is 9.59 Å². The van der Waals surface area contributed by atoms with Crippen molar-refractivity contribution >= 4 is 28.8 Å². The van der Waals surface area contributed by atoms with Crippen molar-refractivity contribution in [1.82, 2.24) is 15.3 Å². The molecule has 2 N–H and O–H groups in total. The maximum Gasteiger partial charge on any atom is 0.261 e. The molecule has 0 unspecified atom stereocenters. The molecule has 6 nitrogen and oxygen atoms in total. The van der Waals surface area contributed by atoms with Gasteiger partial charge in [-0.25, -0.2) is 9.97 Å². The van der Waals surface area contributed by atoms with Gasteiger partial charge in [0.1, 0.15) is 0 Å². The molecule has 0 saturated heterocycles. The number of aromatic nitrogens is 2. The molecule has 0 aliphatic carbocycles. The third-order valence-corrected chi connectivity index (χ3v) is 3.99. The van der Waals surface area contributed by atoms with Crippen molar-refractivity contribution in [2.45, 2.75) is 0 Å². The van der Waals surface area contributed by atoms with Gasteiger partial charge in [0, 0.05) is 5.56 Å². The van der Waals surface area contributed by atoms with Crippen LogP contribution in [0.15, 0.2) is 60.2 Å². The van der Waals surface area contributed by atoms with E-state index in [9.17, 15) is 9.59 Å². The molecule has 2 heterocycles. The number of carbonyl (C=O) groups is 2. The first-order valence-electron chi connectivity index (χ1n) is 7.21. The highest BCUT2D eigenvalue weighted by Gasteiger charge is 2.09. The zero-order chi connectivity index (χ0) is 16.8. The lowest BCUT2D eigenvalue weighted by Gasteiger charge is -2.06. The second kappa shape index (κ2) is 7.47. The van der Waals surface area contributed by atoms with E-state index in [1.165, 1.54) is 23.7 Å². The normalized spacial score (nSPS) is 10.2. The number of hydrogen-bond acceptors (Lipinski definition) is 5. The monoisotopic (exact) mass is 338 g/mol. The third-order valence-electron chi connectivity index (χ3n) is 3.12. The highest BCUT2D eigenvalue weighted by Crippen LogP contribution is 2.14. The van der Waals surface area contributed by atoms with Crippen LogP contribution in [0.1, 0.15) is 9.67 Å². The van der Waals surface area contributed by atoms with Gasteiger partial charge in [-0.05, 0) is 11.4 Å². The summed E-state index contributed by atoms with van der Waals surface area (Å²) in [4.78, 5) is 32.6. The Balaban J connectivity index is 1.54. The van der Waals surface area contributed by atoms with Crippen molar-refractivity contribution in [3.63, 3.8) is 0 Å². The minimum Gasteiger partial charge on any atom is -0.342 e. The second-order valence-corrected chi connectivity index (χ2v) is 5.82. The molecule has 2 amide bonds. The van der Waals surface area contributed by atoms with Crippen LogP contribution in [0.2, 0.25) is 0 Å². The van der Waals surface area contributed by atoms with Crippen molar-refractivity contribution in [1.29, 1.82) is 0 Å². The Hall–Kier alpha value is -3.06. The largest absolute Gasteiger partial charge is 0.342 e. The van der Waals surface area contributed by atoms with Crippen LogP contribution in [0.4, 0.5) is 5.69 Å². The predicted octanol–water partition coefficient (Wildman–Crippen LogP) is 2.57. The number of thiophene rings is 1. The number of nitrogens with zero attached hydrogens (tertiary/aromatic N) is 2. The first kappa shape index (κ1) is 15.8. The predicted molar refractivity (Wildman–Crippen MR) is 92.7 cm³/mol. The van der Waals surface area contributed by atoms with Gasteiger partial charge in [0.2, 0.25) is 5.91 Å². The number of nitrogens with one attached hydrogen (secondary N) is 2. The van der Waals surface area contributed by atoms with Crippen LogP contribution in [0.5, 0.6) is 0 Å². The summed E-state index contributed by atoms with van der Waals surface area (Å²) in [6, 6.07) is 13.0. The van der Waals surface area contributed by atoms with Crippen LogP contribution in [-0.2, 0) is 4.79 Å². The van der Waals surface area contributed by atoms with Crippen LogP contribution in [0.25, 0.3) is 11.4 Å². The molecule has 0 saturated carbocycles. The summed E-state index contributed by atoms with van der Waals surface area (Å²) in [7, 11) is 0. The van der Waals surface area contributed by atoms with Gasteiger partial charge in [-0.2, -0.15) is 0 Å². The van der Waals surface area contributed by atoms with Crippen molar-refractivity contribution in [2.75, 3.05) is 11.9 Å². The Bertz CT molecular complexity index is 818. The minimum atomic E-state index is -0.337. The molecule has 0 atom stereocenters. The maximum atomic E-state index is 11.9. The van der Waals surface area contributed by atoms with Crippen LogP contribution in [-0.4, -0.2) is 28.3 Å². The topological polar surface area (TPSA) is 84.0 Å². The zero-order valence-corrected chi connectivity index (χ0v) is 13.4. The van der Waals surface area contributed by atoms with E-state index < -0.39 is 0 Å². The smallest absolute Gasteiger partial charge is 0.261 e. The maximum absolute atomic E-state index is 11.9. The first-order chi connectivity index (χ1) is 11.7. The Morgan fingerprint density at radius 3 is 2.42 bits per heavy atom. The Kier molecular flexibility index (Phi) is 4.93. The number of anilines is 1. The first-order valence-corrected chi connectivity index (χ1v) is 8.09. The summed E-state index contributed by atoms with van der Waals surface area (Å²) in [6.45, 7) is -0.114. The average molecular weight is 338 g/mol. The molecule has 3 rings (SSSR count). The molecule has 120 valence electrons. The molecule has 0 aliphatic rings. The van der Waals surface area contributed by atoms with E-state index in [4.69, 9.17) is 0 Å². The highest BCUT2D eigenvalue weighted by atomic mass is 32.1. The summed E-state index contributed by atoms with van der Waals surface area (Å²) in [6.07, 6.45) is 3.07. The van der Waals surface area contributed by atoms with E-state index in [-0.39, 0.29) is 18.4 Å². The summed E-state index contributed by atoms with van der Waals surface area (Å²) in [5.41, 5.74) is 1.38. The fourth-order valence-corrected chi connectivity index (χ4v) is 2.63. The summed E-state index contributed by atoms with van der Waals surface area (Å²) < 4.78 is 0. The molecule has 0 spiro atoms. The van der Waals surface area contributed by atoms with Gasteiger partial charge >= 0.3 is 0 Å². The van der Waals surface area contributed by atoms with Gasteiger partial charge in [0.05, 0.1) is 29.5 Å². The van der Waals surface area contributed by atoms with E-state index in [0.29, 0.717) is 16.4 Å². The Labute approximate surface area is 142 Å². The summed E-state index contributed by atoms with van der Waals surface area (Å²) in [5.74, 6) is -0.0219. The standard InChI is InChI=1S/C17H14N4O2S/c22-15(11-20-17(23)14-7-4-8-24-14)21-13-9-18-16(19-10-13)12-5-2-1-3-6-12/h1-10H,11H2,(H,20,23)(H,21,22). The van der Waals surface area contributed by atoms with Crippen LogP contribution in [0.3, 0.4) is 0 Å². The quantitative estimate of drug-likeness (QED) is 0.749. The molecule has 0 bridgehead atoms. The number of benzene rings is 1. The lowest BCUT2D eigenvalue weighted by molar-refractivity contribution is -0.115. The van der Waals surface area contributed by atoms with Gasteiger partial charge < -0.3 is 10.6 Å². The van der Waals surface area contributed by atoms with Crippen molar-refractivity contribution < 1.29 is 9.59 Å². The molecular weight excluding hydrogens is 324 g/mol. The molecule has 0 aliphatic heterocycles. The van der Waals surface area contributed by atoms with Gasteiger partial charge in [0.25, 0.3) is 5.91 Å². The zero-order valence-electron chi connectivity index (χ0n) is 12.6. The van der Waals surface area contributed by atoms with E-state index in [0.717, 1.165) is 5.56 Å². The molecule has 2 aromatic heterocycles. The SMILES string of the molecule is O=C(CNC(=O)c1cccs1)Nc1cnc(-c2ccccc2)nc1. The lowest BCUT2D eigenvalue weighted by atomic mass is 10.2. The minimum absolute atomic E-state index is 0.114. The summed E-state index contributed by atoms with van der Waals surface area (Å²) >= 11 is 1.32. The van der Waals surface area contributed by atoms with Crippen molar-refractivity contribution in [3.05, 3.63) is 65.1 Å². The van der Waals surface area contributed by atoms with Crippen molar-refractivity contribution in [2.24, 2.45) is 0 Å². The number of hydrogen-bond donors (Lipinski definition) is 2. The number of carbonyl (C=O) groups excluding carboxylic acids is 2. The van der Waals surface area contributed by atoms with E-state index in [1.807, 2.05) is 30.3 Å². The molecular formula is C17H14N4O2S. The summed E-state index contributed by atoms with van der Waals surface area (Å²) in [5, 5.41) is 7.01. The number of rotatable bonds is 5. The van der Waals surface area contributed by atoms with Gasteiger partial charge in [0.15, 0.2) is 5.82 Å². The molecule has 1 aromatic carbocycles. The Morgan fingerprint density at radius 1 is 1.00 bits per heavy atom. The molecule has 0 fully saturated rings. The number of amides is 2. The lowest BCUT2D eigenvalue weighted by Crippen LogP contribution is -2.32. The van der Waals surface area contributed by atoms with Gasteiger partial charge in [-0.1, -0.05) is 36.4 Å².